The van der Waals surface area contributed by atoms with E-state index in [0.29, 0.717) is 0 Å². The molecule has 0 N–H and O–H groups in total. The molecule has 1 saturated heterocycles. The summed E-state index contributed by atoms with van der Waals surface area (Å²) in [6.07, 6.45) is 4.45. The van der Waals surface area contributed by atoms with Crippen LogP contribution in [0.4, 0.5) is 0 Å². The quantitative estimate of drug-likeness (QED) is 0.622. The minimum Gasteiger partial charge on any atom is -0.377 e. The summed E-state index contributed by atoms with van der Waals surface area (Å²) in [6.45, 7) is 2.08. The first-order chi connectivity index (χ1) is 10.3. The lowest BCUT2D eigenvalue weighted by atomic mass is 9.97. The van der Waals surface area contributed by atoms with E-state index in [1.807, 2.05) is 66.9 Å². The Morgan fingerprint density at radius 2 is 1.33 bits per heavy atom. The monoisotopic (exact) mass is 277 g/mol. The molecule has 106 valence electrons. The van der Waals surface area contributed by atoms with E-state index in [9.17, 15) is 4.79 Å². The Hall–Kier alpha value is -2.35. The largest absolute Gasteiger partial charge is 0.377 e. The standard InChI is InChI=1S/C19H19NO/c21-19(17-11-5-2-6-12-17)18(15-20-13-7-8-14-20)16-9-3-1-4-10-16/h1-6,9-12,15H,7-8,13-14H2/b18-15-. The van der Waals surface area contributed by atoms with Crippen LogP contribution in [0.3, 0.4) is 0 Å². The maximum Gasteiger partial charge on any atom is 0.195 e. The number of hydrogen-bond donors (Lipinski definition) is 0. The van der Waals surface area contributed by atoms with Crippen LogP contribution in [0.25, 0.3) is 5.57 Å². The van der Waals surface area contributed by atoms with E-state index in [1.54, 1.807) is 0 Å². The molecule has 1 fully saturated rings. The van der Waals surface area contributed by atoms with Crippen LogP contribution in [0.2, 0.25) is 0 Å². The van der Waals surface area contributed by atoms with Crippen LogP contribution < -0.4 is 0 Å². The minimum atomic E-state index is 0.0914. The molecular formula is C19H19NO. The predicted octanol–water partition coefficient (Wildman–Crippen LogP) is 4.01. The van der Waals surface area contributed by atoms with Crippen molar-refractivity contribution in [1.29, 1.82) is 0 Å². The van der Waals surface area contributed by atoms with E-state index >= 15 is 0 Å². The fraction of sp³-hybridized carbons (Fsp3) is 0.211. The minimum absolute atomic E-state index is 0.0914. The van der Waals surface area contributed by atoms with Crippen LogP contribution in [0, 0.1) is 0 Å². The predicted molar refractivity (Wildman–Crippen MR) is 86.0 cm³/mol. The molecule has 0 aromatic heterocycles. The zero-order valence-corrected chi connectivity index (χ0v) is 12.0. The second-order valence-electron chi connectivity index (χ2n) is 5.35. The Bertz CT molecular complexity index is 625. The summed E-state index contributed by atoms with van der Waals surface area (Å²) in [7, 11) is 0. The Morgan fingerprint density at radius 1 is 0.810 bits per heavy atom. The molecule has 3 rings (SSSR count). The van der Waals surface area contributed by atoms with Gasteiger partial charge in [0, 0.05) is 30.4 Å². The molecule has 21 heavy (non-hydrogen) atoms. The first-order valence-electron chi connectivity index (χ1n) is 7.45. The Balaban J connectivity index is 1.98. The van der Waals surface area contributed by atoms with Crippen LogP contribution in [0.1, 0.15) is 28.8 Å². The van der Waals surface area contributed by atoms with E-state index in [2.05, 4.69) is 4.90 Å². The van der Waals surface area contributed by atoms with Gasteiger partial charge in [0.1, 0.15) is 0 Å². The third-order valence-corrected chi connectivity index (χ3v) is 3.82. The molecule has 0 unspecified atom stereocenters. The molecule has 2 heteroatoms. The van der Waals surface area contributed by atoms with Gasteiger partial charge in [-0.05, 0) is 18.4 Å². The number of rotatable bonds is 4. The van der Waals surface area contributed by atoms with Gasteiger partial charge in [0.2, 0.25) is 0 Å². The number of benzene rings is 2. The van der Waals surface area contributed by atoms with E-state index in [-0.39, 0.29) is 5.78 Å². The van der Waals surface area contributed by atoms with Crippen molar-refractivity contribution in [3.63, 3.8) is 0 Å². The first kappa shape index (κ1) is 13.6. The second-order valence-corrected chi connectivity index (χ2v) is 5.35. The summed E-state index contributed by atoms with van der Waals surface area (Å²) in [4.78, 5) is 15.1. The average molecular weight is 277 g/mol. The molecule has 0 spiro atoms. The lowest BCUT2D eigenvalue weighted by molar-refractivity contribution is 0.105. The number of nitrogens with zero attached hydrogens (tertiary/aromatic N) is 1. The Kier molecular flexibility index (Phi) is 4.15. The molecular weight excluding hydrogens is 258 g/mol. The Labute approximate surface area is 125 Å². The second kappa shape index (κ2) is 6.40. The summed E-state index contributed by atoms with van der Waals surface area (Å²) in [5.41, 5.74) is 2.51. The van der Waals surface area contributed by atoms with Gasteiger partial charge in [-0.25, -0.2) is 0 Å². The average Bonchev–Trinajstić information content (AvgIpc) is 3.07. The van der Waals surface area contributed by atoms with Crippen molar-refractivity contribution in [1.82, 2.24) is 4.90 Å². The highest BCUT2D eigenvalue weighted by molar-refractivity contribution is 6.28. The fourth-order valence-corrected chi connectivity index (χ4v) is 2.68. The van der Waals surface area contributed by atoms with E-state index in [1.165, 1.54) is 12.8 Å². The number of ketones is 1. The van der Waals surface area contributed by atoms with Crippen molar-refractivity contribution >= 4 is 11.4 Å². The molecule has 1 aliphatic rings. The van der Waals surface area contributed by atoms with Gasteiger partial charge < -0.3 is 4.90 Å². The third kappa shape index (κ3) is 3.22. The molecule has 1 heterocycles. The summed E-state index contributed by atoms with van der Waals surface area (Å²) in [5, 5.41) is 0. The number of hydrogen-bond acceptors (Lipinski definition) is 2. The topological polar surface area (TPSA) is 20.3 Å². The van der Waals surface area contributed by atoms with Gasteiger partial charge in [-0.1, -0.05) is 60.7 Å². The number of likely N-dealkylation sites (tertiary alicyclic amines) is 1. The molecule has 0 radical (unpaired) electrons. The van der Waals surface area contributed by atoms with Crippen LogP contribution in [-0.2, 0) is 0 Å². The third-order valence-electron chi connectivity index (χ3n) is 3.82. The highest BCUT2D eigenvalue weighted by Crippen LogP contribution is 2.22. The van der Waals surface area contributed by atoms with Gasteiger partial charge in [0.05, 0.1) is 0 Å². The molecule has 0 aliphatic carbocycles. The lowest BCUT2D eigenvalue weighted by Crippen LogP contribution is -2.14. The maximum absolute atomic E-state index is 12.8. The van der Waals surface area contributed by atoms with Crippen LogP contribution in [0.5, 0.6) is 0 Å². The maximum atomic E-state index is 12.8. The van der Waals surface area contributed by atoms with Crippen molar-refractivity contribution in [3.8, 4) is 0 Å². The number of carbonyl (C=O) groups excluding carboxylic acids is 1. The van der Waals surface area contributed by atoms with Gasteiger partial charge in [-0.3, -0.25) is 4.79 Å². The van der Waals surface area contributed by atoms with Gasteiger partial charge in [0.15, 0.2) is 5.78 Å². The van der Waals surface area contributed by atoms with Crippen molar-refractivity contribution in [2.45, 2.75) is 12.8 Å². The number of Topliss-reactive ketones (excluding diaryl/α,β-unsaturated/α-hetero) is 1. The summed E-state index contributed by atoms with van der Waals surface area (Å²) >= 11 is 0. The molecule has 2 aromatic carbocycles. The zero-order valence-electron chi connectivity index (χ0n) is 12.0. The molecule has 1 aliphatic heterocycles. The lowest BCUT2D eigenvalue weighted by Gasteiger charge is -2.15. The van der Waals surface area contributed by atoms with Crippen LogP contribution in [-0.4, -0.2) is 23.8 Å². The highest BCUT2D eigenvalue weighted by Gasteiger charge is 2.17. The van der Waals surface area contributed by atoms with Gasteiger partial charge in [-0.15, -0.1) is 0 Å². The molecule has 0 bridgehead atoms. The molecule has 2 aromatic rings. The SMILES string of the molecule is O=C(/C(=C\N1CCCC1)c1ccccc1)c1ccccc1. The summed E-state index contributed by atoms with van der Waals surface area (Å²) in [6, 6.07) is 19.4. The summed E-state index contributed by atoms with van der Waals surface area (Å²) in [5.74, 6) is 0.0914. The number of carbonyl (C=O) groups is 1. The van der Waals surface area contributed by atoms with E-state index < -0.39 is 0 Å². The number of allylic oxidation sites excluding steroid dienone is 1. The Morgan fingerprint density at radius 3 is 1.90 bits per heavy atom. The van der Waals surface area contributed by atoms with Crippen LogP contribution in [0.15, 0.2) is 66.9 Å². The highest BCUT2D eigenvalue weighted by atomic mass is 16.1. The fourth-order valence-electron chi connectivity index (χ4n) is 2.68. The summed E-state index contributed by atoms with van der Waals surface area (Å²) < 4.78 is 0. The normalized spacial score (nSPS) is 15.2. The van der Waals surface area contributed by atoms with E-state index in [4.69, 9.17) is 0 Å². The van der Waals surface area contributed by atoms with Crippen molar-refractivity contribution in [3.05, 3.63) is 78.0 Å². The molecule has 0 amide bonds. The van der Waals surface area contributed by atoms with Crippen molar-refractivity contribution < 1.29 is 4.79 Å². The molecule has 2 nitrogen and oxygen atoms in total. The van der Waals surface area contributed by atoms with Gasteiger partial charge in [-0.2, -0.15) is 0 Å². The molecule has 0 saturated carbocycles. The smallest absolute Gasteiger partial charge is 0.195 e. The van der Waals surface area contributed by atoms with Gasteiger partial charge in [0.25, 0.3) is 0 Å². The van der Waals surface area contributed by atoms with Crippen molar-refractivity contribution in [2.24, 2.45) is 0 Å². The van der Waals surface area contributed by atoms with Crippen molar-refractivity contribution in [2.75, 3.05) is 13.1 Å². The van der Waals surface area contributed by atoms with Gasteiger partial charge >= 0.3 is 0 Å². The molecule has 0 atom stereocenters. The van der Waals surface area contributed by atoms with Crippen LogP contribution >= 0.6 is 0 Å². The first-order valence-corrected chi connectivity index (χ1v) is 7.45. The zero-order chi connectivity index (χ0) is 14.5. The van der Waals surface area contributed by atoms with E-state index in [0.717, 1.165) is 29.8 Å².